The molecule has 3 rings (SSSR count). The molecule has 2 N–H and O–H groups in total. The van der Waals surface area contributed by atoms with Gasteiger partial charge in [-0.15, -0.1) is 0 Å². The molecule has 1 aromatic carbocycles. The first kappa shape index (κ1) is 14.6. The highest BCUT2D eigenvalue weighted by molar-refractivity contribution is 7.89. The quantitative estimate of drug-likeness (QED) is 0.890. The first-order chi connectivity index (χ1) is 10.1. The predicted molar refractivity (Wildman–Crippen MR) is 86.5 cm³/mol. The molecule has 2 aromatic rings. The summed E-state index contributed by atoms with van der Waals surface area (Å²) < 4.78 is 27.3. The van der Waals surface area contributed by atoms with E-state index < -0.39 is 10.0 Å². The number of benzene rings is 1. The summed E-state index contributed by atoms with van der Waals surface area (Å²) in [7, 11) is -3.43. The summed E-state index contributed by atoms with van der Waals surface area (Å²) in [6.07, 6.45) is 2.82. The summed E-state index contributed by atoms with van der Waals surface area (Å²) in [5.41, 5.74) is 3.30. The zero-order valence-corrected chi connectivity index (χ0v) is 13.3. The van der Waals surface area contributed by atoms with Crippen LogP contribution in [0.3, 0.4) is 0 Å². The highest BCUT2D eigenvalue weighted by atomic mass is 32.2. The first-order valence-electron chi connectivity index (χ1n) is 7.03. The maximum Gasteiger partial charge on any atom is 0.240 e. The second-order valence-electron chi connectivity index (χ2n) is 5.13. The zero-order valence-electron chi connectivity index (χ0n) is 11.6. The lowest BCUT2D eigenvalue weighted by molar-refractivity contribution is 0.581. The van der Waals surface area contributed by atoms with Crippen molar-refractivity contribution in [1.82, 2.24) is 4.72 Å². The first-order valence-corrected chi connectivity index (χ1v) is 9.45. The van der Waals surface area contributed by atoms with Gasteiger partial charge in [-0.05, 0) is 59.3 Å². The van der Waals surface area contributed by atoms with Crippen LogP contribution < -0.4 is 10.0 Å². The van der Waals surface area contributed by atoms with Crippen molar-refractivity contribution in [2.75, 3.05) is 18.4 Å². The fraction of sp³-hybridized carbons (Fsp3) is 0.333. The van der Waals surface area contributed by atoms with Crippen molar-refractivity contribution < 1.29 is 8.42 Å². The van der Waals surface area contributed by atoms with Crippen LogP contribution in [0.2, 0.25) is 0 Å². The lowest BCUT2D eigenvalue weighted by Crippen LogP contribution is -2.26. The molecule has 0 atom stereocenters. The molecular weight excluding hydrogens is 304 g/mol. The van der Waals surface area contributed by atoms with Crippen LogP contribution in [0.15, 0.2) is 39.9 Å². The average molecular weight is 322 g/mol. The van der Waals surface area contributed by atoms with Crippen molar-refractivity contribution in [2.45, 2.75) is 24.2 Å². The number of rotatable bonds is 5. The molecule has 0 bridgehead atoms. The number of fused-ring (bicyclic) bond motifs is 1. The van der Waals surface area contributed by atoms with E-state index >= 15 is 0 Å². The monoisotopic (exact) mass is 322 g/mol. The van der Waals surface area contributed by atoms with Gasteiger partial charge < -0.3 is 5.32 Å². The Morgan fingerprint density at radius 2 is 2.19 bits per heavy atom. The summed E-state index contributed by atoms with van der Waals surface area (Å²) >= 11 is 1.62. The van der Waals surface area contributed by atoms with Crippen LogP contribution in [0.5, 0.6) is 0 Å². The lowest BCUT2D eigenvalue weighted by atomic mass is 10.0. The molecule has 6 heteroatoms. The molecule has 1 aliphatic rings. The predicted octanol–water partition coefficient (Wildman–Crippen LogP) is 2.63. The maximum absolute atomic E-state index is 12.3. The van der Waals surface area contributed by atoms with Gasteiger partial charge in [0.25, 0.3) is 0 Å². The molecule has 21 heavy (non-hydrogen) atoms. The van der Waals surface area contributed by atoms with E-state index in [-0.39, 0.29) is 0 Å². The van der Waals surface area contributed by atoms with Gasteiger partial charge in [-0.3, -0.25) is 0 Å². The van der Waals surface area contributed by atoms with Crippen molar-refractivity contribution in [2.24, 2.45) is 0 Å². The Kier molecular flexibility index (Phi) is 4.28. The number of aryl methyl sites for hydroxylation is 1. The standard InChI is InChI=1S/C15H18N2O2S2/c18-21(19,17-8-5-12-6-9-20-11-12)14-4-3-13-2-1-7-16-15(13)10-14/h3-4,6,9-11,16-17H,1-2,5,7-8H2. The van der Waals surface area contributed by atoms with Gasteiger partial charge in [-0.2, -0.15) is 11.3 Å². The fourth-order valence-corrected chi connectivity index (χ4v) is 4.22. The van der Waals surface area contributed by atoms with Crippen molar-refractivity contribution in [3.05, 3.63) is 46.2 Å². The topological polar surface area (TPSA) is 58.2 Å². The molecule has 112 valence electrons. The Morgan fingerprint density at radius 1 is 1.29 bits per heavy atom. The number of anilines is 1. The van der Waals surface area contributed by atoms with Crippen LogP contribution in [-0.2, 0) is 22.9 Å². The zero-order chi connectivity index (χ0) is 14.7. The molecule has 2 heterocycles. The largest absolute Gasteiger partial charge is 0.385 e. The van der Waals surface area contributed by atoms with Crippen LogP contribution in [0.1, 0.15) is 17.5 Å². The highest BCUT2D eigenvalue weighted by Crippen LogP contribution is 2.25. The van der Waals surface area contributed by atoms with Gasteiger partial charge in [0, 0.05) is 18.8 Å². The third kappa shape index (κ3) is 3.45. The van der Waals surface area contributed by atoms with Gasteiger partial charge in [0.05, 0.1) is 4.90 Å². The van der Waals surface area contributed by atoms with Crippen molar-refractivity contribution in [3.8, 4) is 0 Å². The van der Waals surface area contributed by atoms with E-state index in [1.165, 1.54) is 5.56 Å². The Hall–Kier alpha value is -1.37. The molecule has 0 amide bonds. The second-order valence-corrected chi connectivity index (χ2v) is 7.68. The fourth-order valence-electron chi connectivity index (χ4n) is 2.46. The van der Waals surface area contributed by atoms with E-state index in [4.69, 9.17) is 0 Å². The Bertz CT molecular complexity index is 709. The van der Waals surface area contributed by atoms with Crippen molar-refractivity contribution in [3.63, 3.8) is 0 Å². The molecule has 0 spiro atoms. The normalized spacial score (nSPS) is 14.5. The minimum absolute atomic E-state index is 0.334. The van der Waals surface area contributed by atoms with E-state index in [0.717, 1.165) is 30.6 Å². The average Bonchev–Trinajstić information content (AvgIpc) is 3.00. The summed E-state index contributed by atoms with van der Waals surface area (Å²) in [4.78, 5) is 0.334. The second kappa shape index (κ2) is 6.17. The highest BCUT2D eigenvalue weighted by Gasteiger charge is 2.17. The Balaban J connectivity index is 1.69. The van der Waals surface area contributed by atoms with E-state index in [9.17, 15) is 8.42 Å². The maximum atomic E-state index is 12.3. The van der Waals surface area contributed by atoms with Crippen LogP contribution in [0, 0.1) is 0 Å². The minimum Gasteiger partial charge on any atom is -0.385 e. The number of nitrogens with one attached hydrogen (secondary N) is 2. The van der Waals surface area contributed by atoms with Gasteiger partial charge in [0.2, 0.25) is 10.0 Å². The van der Waals surface area contributed by atoms with Crippen LogP contribution >= 0.6 is 11.3 Å². The van der Waals surface area contributed by atoms with Crippen LogP contribution in [0.25, 0.3) is 0 Å². The van der Waals surface area contributed by atoms with Crippen LogP contribution in [0.4, 0.5) is 5.69 Å². The molecule has 1 aliphatic heterocycles. The number of thiophene rings is 1. The molecule has 0 aliphatic carbocycles. The molecule has 0 fully saturated rings. The molecule has 0 radical (unpaired) electrons. The van der Waals surface area contributed by atoms with Gasteiger partial charge >= 0.3 is 0 Å². The van der Waals surface area contributed by atoms with E-state index in [1.807, 2.05) is 22.9 Å². The Labute approximate surface area is 129 Å². The van der Waals surface area contributed by atoms with Gasteiger partial charge in [0.1, 0.15) is 0 Å². The minimum atomic E-state index is -3.43. The summed E-state index contributed by atoms with van der Waals surface area (Å²) in [5, 5.41) is 7.30. The summed E-state index contributed by atoms with van der Waals surface area (Å²) in [5.74, 6) is 0. The smallest absolute Gasteiger partial charge is 0.240 e. The molecular formula is C15H18N2O2S2. The molecule has 0 saturated heterocycles. The molecule has 1 aromatic heterocycles. The van der Waals surface area contributed by atoms with Crippen LogP contribution in [-0.4, -0.2) is 21.5 Å². The number of hydrogen-bond donors (Lipinski definition) is 2. The third-order valence-electron chi connectivity index (χ3n) is 3.62. The lowest BCUT2D eigenvalue weighted by Gasteiger charge is -2.18. The molecule has 0 saturated carbocycles. The third-order valence-corrected chi connectivity index (χ3v) is 5.81. The van der Waals surface area contributed by atoms with E-state index in [2.05, 4.69) is 10.0 Å². The van der Waals surface area contributed by atoms with Crippen molar-refractivity contribution in [1.29, 1.82) is 0 Å². The number of hydrogen-bond acceptors (Lipinski definition) is 4. The van der Waals surface area contributed by atoms with Gasteiger partial charge in [-0.25, -0.2) is 13.1 Å². The molecule has 4 nitrogen and oxygen atoms in total. The van der Waals surface area contributed by atoms with E-state index in [0.29, 0.717) is 17.9 Å². The summed E-state index contributed by atoms with van der Waals surface area (Å²) in [6.45, 7) is 1.33. The summed E-state index contributed by atoms with van der Waals surface area (Å²) in [6, 6.07) is 7.36. The Morgan fingerprint density at radius 3 is 3.00 bits per heavy atom. The van der Waals surface area contributed by atoms with Gasteiger partial charge in [-0.1, -0.05) is 6.07 Å². The van der Waals surface area contributed by atoms with Gasteiger partial charge in [0.15, 0.2) is 0 Å². The van der Waals surface area contributed by atoms with E-state index in [1.54, 1.807) is 23.5 Å². The SMILES string of the molecule is O=S(=O)(NCCc1ccsc1)c1ccc2c(c1)NCCC2. The van der Waals surface area contributed by atoms with Crippen molar-refractivity contribution >= 4 is 27.0 Å². The number of sulfonamides is 1. The molecule has 0 unspecified atom stereocenters.